The molecule has 1 N–H and O–H groups in total. The van der Waals surface area contributed by atoms with Crippen molar-refractivity contribution in [3.8, 4) is 16.9 Å². The minimum atomic E-state index is -1.02. The summed E-state index contributed by atoms with van der Waals surface area (Å²) in [4.78, 5) is 26.2. The molecular weight excluding hydrogens is 542 g/mol. The fourth-order valence-corrected chi connectivity index (χ4v) is 5.79. The Balaban J connectivity index is 1.16. The van der Waals surface area contributed by atoms with Gasteiger partial charge in [0.05, 0.1) is 24.0 Å². The van der Waals surface area contributed by atoms with Gasteiger partial charge in [-0.05, 0) is 84.2 Å². The number of nitrogens with zero attached hydrogens (tertiary/aromatic N) is 3. The smallest absolute Gasteiger partial charge is 0.414 e. The van der Waals surface area contributed by atoms with Gasteiger partial charge in [0.1, 0.15) is 19.0 Å². The Morgan fingerprint density at radius 1 is 1.10 bits per heavy atom. The van der Waals surface area contributed by atoms with Crippen LogP contribution in [0.2, 0.25) is 5.02 Å². The summed E-state index contributed by atoms with van der Waals surface area (Å²) < 4.78 is 13.3. The van der Waals surface area contributed by atoms with Crippen LogP contribution in [0.4, 0.5) is 10.5 Å². The van der Waals surface area contributed by atoms with Crippen LogP contribution in [0.1, 0.15) is 45.0 Å². The lowest BCUT2D eigenvalue weighted by molar-refractivity contribution is 0.0696. The summed E-state index contributed by atoms with van der Waals surface area (Å²) in [5.74, 6) is 0.591. The highest BCUT2D eigenvalue weighted by molar-refractivity contribution is 6.31. The summed E-state index contributed by atoms with van der Waals surface area (Å²) in [6.07, 6.45) is 4.43. The molecule has 0 spiro atoms. The second kappa shape index (κ2) is 10.9. The van der Waals surface area contributed by atoms with Gasteiger partial charge < -0.3 is 14.6 Å². The van der Waals surface area contributed by atoms with E-state index < -0.39 is 5.97 Å². The number of hydrogen-bond donors (Lipinski definition) is 1. The fourth-order valence-electron chi connectivity index (χ4n) is 5.55. The number of fused-ring (bicyclic) bond motifs is 3. The van der Waals surface area contributed by atoms with Gasteiger partial charge in [0.2, 0.25) is 0 Å². The molecular formula is C32H30ClN3O5. The fraction of sp³-hybridized carbons (Fsp3) is 0.281. The Kier molecular flexibility index (Phi) is 7.17. The van der Waals surface area contributed by atoms with Crippen LogP contribution in [0.25, 0.3) is 11.1 Å². The molecule has 2 atom stereocenters. The standard InChI is InChI=1S/C32H30ClN3O5/c1-19-5-3-8-29(20(19)2)40-11-12-41-32(39)36-18-23-13-26(23)30-25(6-4-7-28(30)36)24-15-34-35(17-24)16-22-10-9-21(31(37)38)14-27(22)33/h3-10,14-15,17,23,26H,11-13,16,18H2,1-2H3,(H,37,38)/t23-,26-/m0/s1. The lowest BCUT2D eigenvalue weighted by Crippen LogP contribution is -2.37. The number of ether oxygens (including phenoxy) is 2. The van der Waals surface area contributed by atoms with Crippen molar-refractivity contribution >= 4 is 29.4 Å². The molecule has 1 aromatic heterocycles. The monoisotopic (exact) mass is 571 g/mol. The van der Waals surface area contributed by atoms with E-state index in [1.54, 1.807) is 15.6 Å². The molecule has 4 aromatic rings. The van der Waals surface area contributed by atoms with Crippen LogP contribution < -0.4 is 9.64 Å². The van der Waals surface area contributed by atoms with Crippen molar-refractivity contribution in [1.29, 1.82) is 0 Å². The molecule has 1 amide bonds. The lowest BCUT2D eigenvalue weighted by Gasteiger charge is -2.29. The summed E-state index contributed by atoms with van der Waals surface area (Å²) in [5.41, 5.74) is 7.18. The molecule has 1 saturated carbocycles. The first kappa shape index (κ1) is 26.9. The van der Waals surface area contributed by atoms with Crippen LogP contribution in [0.5, 0.6) is 5.75 Å². The molecule has 2 aliphatic rings. The molecule has 0 radical (unpaired) electrons. The van der Waals surface area contributed by atoms with E-state index in [1.165, 1.54) is 12.1 Å². The molecule has 41 heavy (non-hydrogen) atoms. The van der Waals surface area contributed by atoms with Crippen molar-refractivity contribution in [2.45, 2.75) is 32.7 Å². The second-order valence-electron chi connectivity index (χ2n) is 10.7. The number of aryl methyl sites for hydroxylation is 1. The van der Waals surface area contributed by atoms with E-state index in [1.807, 2.05) is 56.6 Å². The molecule has 9 heteroatoms. The van der Waals surface area contributed by atoms with Crippen molar-refractivity contribution in [3.63, 3.8) is 0 Å². The largest absolute Gasteiger partial charge is 0.490 e. The van der Waals surface area contributed by atoms with Crippen LogP contribution >= 0.6 is 11.6 Å². The van der Waals surface area contributed by atoms with Gasteiger partial charge in [0, 0.05) is 23.3 Å². The Labute approximate surface area is 243 Å². The van der Waals surface area contributed by atoms with E-state index in [0.717, 1.165) is 51.2 Å². The number of carbonyl (C=O) groups is 2. The minimum Gasteiger partial charge on any atom is -0.490 e. The molecule has 8 nitrogen and oxygen atoms in total. The van der Waals surface area contributed by atoms with E-state index in [-0.39, 0.29) is 24.9 Å². The number of rotatable bonds is 8. The number of carboxylic acid groups (broad SMARTS) is 1. The maximum Gasteiger partial charge on any atom is 0.414 e. The first-order valence-electron chi connectivity index (χ1n) is 13.6. The molecule has 1 fully saturated rings. The van der Waals surface area contributed by atoms with Crippen molar-refractivity contribution in [1.82, 2.24) is 9.78 Å². The third-order valence-corrected chi connectivity index (χ3v) is 8.35. The quantitative estimate of drug-likeness (QED) is 0.236. The molecule has 3 aromatic carbocycles. The van der Waals surface area contributed by atoms with Gasteiger partial charge >= 0.3 is 12.1 Å². The molecule has 6 rings (SSSR count). The Bertz CT molecular complexity index is 1650. The number of anilines is 1. The van der Waals surface area contributed by atoms with E-state index in [9.17, 15) is 14.7 Å². The van der Waals surface area contributed by atoms with Crippen LogP contribution in [0, 0.1) is 19.8 Å². The molecule has 0 saturated heterocycles. The summed E-state index contributed by atoms with van der Waals surface area (Å²) >= 11 is 6.34. The third kappa shape index (κ3) is 5.39. The van der Waals surface area contributed by atoms with Gasteiger partial charge in [-0.2, -0.15) is 5.10 Å². The van der Waals surface area contributed by atoms with E-state index in [0.29, 0.717) is 29.9 Å². The number of halogens is 1. The van der Waals surface area contributed by atoms with E-state index in [4.69, 9.17) is 21.1 Å². The first-order valence-corrected chi connectivity index (χ1v) is 14.0. The van der Waals surface area contributed by atoms with Gasteiger partial charge in [-0.15, -0.1) is 0 Å². The van der Waals surface area contributed by atoms with Crippen molar-refractivity contribution in [2.75, 3.05) is 24.7 Å². The third-order valence-electron chi connectivity index (χ3n) is 8.00. The maximum atomic E-state index is 13.2. The molecule has 1 aliphatic heterocycles. The average molecular weight is 572 g/mol. The lowest BCUT2D eigenvalue weighted by atomic mass is 9.93. The predicted molar refractivity (Wildman–Crippen MR) is 156 cm³/mol. The van der Waals surface area contributed by atoms with Gasteiger partial charge in [0.15, 0.2) is 0 Å². The molecule has 210 valence electrons. The number of aromatic carboxylic acids is 1. The molecule has 0 unspecified atom stereocenters. The van der Waals surface area contributed by atoms with Crippen LogP contribution in [0.3, 0.4) is 0 Å². The number of carboxylic acids is 1. The van der Waals surface area contributed by atoms with Gasteiger partial charge in [-0.3, -0.25) is 9.58 Å². The topological polar surface area (TPSA) is 93.9 Å². The summed E-state index contributed by atoms with van der Waals surface area (Å²) in [5, 5.41) is 14.1. The molecule has 2 heterocycles. The Hall–Kier alpha value is -4.30. The van der Waals surface area contributed by atoms with E-state index >= 15 is 0 Å². The van der Waals surface area contributed by atoms with Crippen molar-refractivity contribution in [3.05, 3.63) is 99.8 Å². The number of benzene rings is 3. The zero-order chi connectivity index (χ0) is 28.7. The van der Waals surface area contributed by atoms with Crippen molar-refractivity contribution < 1.29 is 24.2 Å². The predicted octanol–water partition coefficient (Wildman–Crippen LogP) is 6.71. The van der Waals surface area contributed by atoms with Crippen LogP contribution in [-0.2, 0) is 11.3 Å². The first-order chi connectivity index (χ1) is 19.8. The van der Waals surface area contributed by atoms with Gasteiger partial charge in [-0.1, -0.05) is 41.9 Å². The van der Waals surface area contributed by atoms with Crippen molar-refractivity contribution in [2.24, 2.45) is 5.92 Å². The highest BCUT2D eigenvalue weighted by Gasteiger charge is 2.48. The number of carbonyl (C=O) groups excluding carboxylic acids is 1. The molecule has 1 aliphatic carbocycles. The van der Waals surface area contributed by atoms with Gasteiger partial charge in [-0.25, -0.2) is 9.59 Å². The summed E-state index contributed by atoms with van der Waals surface area (Å²) in [6, 6.07) is 16.6. The normalized spacial score (nSPS) is 17.0. The second-order valence-corrected chi connectivity index (χ2v) is 11.1. The van der Waals surface area contributed by atoms with E-state index in [2.05, 4.69) is 11.2 Å². The van der Waals surface area contributed by atoms with Crippen LogP contribution in [-0.4, -0.2) is 46.7 Å². The SMILES string of the molecule is Cc1cccc(OCCOC(=O)N2C[C@@H]3C[C@@H]3c3c(-c4cnn(Cc5ccc(C(=O)O)cc5Cl)c4)cccc32)c1C. The summed E-state index contributed by atoms with van der Waals surface area (Å²) in [6.45, 7) is 5.55. The summed E-state index contributed by atoms with van der Waals surface area (Å²) in [7, 11) is 0. The highest BCUT2D eigenvalue weighted by atomic mass is 35.5. The highest BCUT2D eigenvalue weighted by Crippen LogP contribution is 2.57. The van der Waals surface area contributed by atoms with Crippen LogP contribution in [0.15, 0.2) is 67.0 Å². The minimum absolute atomic E-state index is 0.145. The van der Waals surface area contributed by atoms with Gasteiger partial charge in [0.25, 0.3) is 0 Å². The zero-order valence-electron chi connectivity index (χ0n) is 22.8. The maximum absolute atomic E-state index is 13.2. The number of hydrogen-bond acceptors (Lipinski definition) is 5. The number of amides is 1. The zero-order valence-corrected chi connectivity index (χ0v) is 23.6. The Morgan fingerprint density at radius 2 is 1.93 bits per heavy atom. The molecule has 0 bridgehead atoms. The Morgan fingerprint density at radius 3 is 2.73 bits per heavy atom. The number of aromatic nitrogens is 2. The average Bonchev–Trinajstić information content (AvgIpc) is 3.61.